The number of methoxy groups -OCH3 is 1. The summed E-state index contributed by atoms with van der Waals surface area (Å²) in [6.45, 7) is 2.96. The summed E-state index contributed by atoms with van der Waals surface area (Å²) in [5.41, 5.74) is 10.3. The van der Waals surface area contributed by atoms with Gasteiger partial charge < -0.3 is 19.8 Å². The molecule has 2 aromatic heterocycles. The maximum atomic E-state index is 13.0. The van der Waals surface area contributed by atoms with Crippen LogP contribution in [0.4, 0.5) is 5.82 Å². The van der Waals surface area contributed by atoms with Gasteiger partial charge in [-0.3, -0.25) is 0 Å². The van der Waals surface area contributed by atoms with Crippen molar-refractivity contribution in [2.24, 2.45) is 0 Å². The van der Waals surface area contributed by atoms with Gasteiger partial charge in [0.25, 0.3) is 0 Å². The molecule has 0 saturated carbocycles. The van der Waals surface area contributed by atoms with Gasteiger partial charge in [-0.15, -0.1) is 0 Å². The first-order chi connectivity index (χ1) is 15.6. The number of nitrogens with zero attached hydrogens (tertiary/aromatic N) is 3. The number of ether oxygens (including phenoxy) is 2. The lowest BCUT2D eigenvalue weighted by Crippen LogP contribution is -2.11. The summed E-state index contributed by atoms with van der Waals surface area (Å²) < 4.78 is 12.6. The van der Waals surface area contributed by atoms with E-state index in [9.17, 15) is 4.79 Å². The van der Waals surface area contributed by atoms with Crippen LogP contribution in [0.15, 0.2) is 48.5 Å². The molecule has 32 heavy (non-hydrogen) atoms. The molecule has 0 aliphatic rings. The SMILES string of the molecule is CCCCCCOC(=O)c1c(N)n(Cc2ccc(OC)cc2)c2nc3ccccc3nc12. The number of benzene rings is 2. The van der Waals surface area contributed by atoms with Crippen molar-refractivity contribution in [1.29, 1.82) is 0 Å². The van der Waals surface area contributed by atoms with Crippen LogP contribution in [-0.2, 0) is 11.3 Å². The van der Waals surface area contributed by atoms with E-state index < -0.39 is 5.97 Å². The maximum absolute atomic E-state index is 13.0. The van der Waals surface area contributed by atoms with Crippen LogP contribution in [0.2, 0.25) is 0 Å². The Labute approximate surface area is 187 Å². The summed E-state index contributed by atoms with van der Waals surface area (Å²) in [5.74, 6) is 0.629. The second-order valence-electron chi connectivity index (χ2n) is 7.78. The Bertz CT molecular complexity index is 1230. The predicted octanol–water partition coefficient (Wildman–Crippen LogP) is 4.96. The number of unbranched alkanes of at least 4 members (excludes halogenated alkanes) is 3. The van der Waals surface area contributed by atoms with Gasteiger partial charge in [0.15, 0.2) is 5.65 Å². The molecule has 2 heterocycles. The molecule has 166 valence electrons. The number of esters is 1. The van der Waals surface area contributed by atoms with Crippen molar-refractivity contribution in [1.82, 2.24) is 14.5 Å². The third kappa shape index (κ3) is 4.37. The number of aromatic nitrogens is 3. The van der Waals surface area contributed by atoms with Crippen molar-refractivity contribution in [3.05, 3.63) is 59.7 Å². The molecule has 0 spiro atoms. The van der Waals surface area contributed by atoms with E-state index in [1.165, 1.54) is 0 Å². The number of anilines is 1. The first-order valence-corrected chi connectivity index (χ1v) is 11.0. The summed E-state index contributed by atoms with van der Waals surface area (Å²) >= 11 is 0. The van der Waals surface area contributed by atoms with Gasteiger partial charge in [0.05, 0.1) is 31.3 Å². The Kier molecular flexibility index (Phi) is 6.54. The predicted molar refractivity (Wildman–Crippen MR) is 126 cm³/mol. The molecule has 0 atom stereocenters. The second-order valence-corrected chi connectivity index (χ2v) is 7.78. The topological polar surface area (TPSA) is 92.3 Å². The van der Waals surface area contributed by atoms with Crippen molar-refractivity contribution in [2.75, 3.05) is 19.5 Å². The fourth-order valence-electron chi connectivity index (χ4n) is 3.76. The number of nitrogens with two attached hydrogens (primary N) is 1. The van der Waals surface area contributed by atoms with Crippen LogP contribution in [0.5, 0.6) is 5.75 Å². The largest absolute Gasteiger partial charge is 0.497 e. The molecular formula is C25H28N4O3. The molecule has 0 unspecified atom stereocenters. The summed E-state index contributed by atoms with van der Waals surface area (Å²) in [7, 11) is 1.63. The molecule has 0 aliphatic carbocycles. The number of nitrogen functional groups attached to an aromatic ring is 1. The molecule has 4 aromatic rings. The summed E-state index contributed by atoms with van der Waals surface area (Å²) in [6.07, 6.45) is 4.11. The van der Waals surface area contributed by atoms with Gasteiger partial charge in [0.2, 0.25) is 0 Å². The Morgan fingerprint density at radius 3 is 2.41 bits per heavy atom. The normalized spacial score (nSPS) is 11.2. The molecule has 2 aromatic carbocycles. The molecule has 7 nitrogen and oxygen atoms in total. The van der Waals surface area contributed by atoms with Gasteiger partial charge in [-0.05, 0) is 36.2 Å². The molecule has 7 heteroatoms. The third-order valence-corrected chi connectivity index (χ3v) is 5.53. The number of carbonyl (C=O) groups is 1. The summed E-state index contributed by atoms with van der Waals surface area (Å²) in [4.78, 5) is 22.5. The number of hydrogen-bond acceptors (Lipinski definition) is 6. The number of para-hydroxylation sites is 2. The molecule has 0 bridgehead atoms. The van der Waals surface area contributed by atoms with E-state index in [0.29, 0.717) is 35.7 Å². The highest BCUT2D eigenvalue weighted by atomic mass is 16.5. The first kappa shape index (κ1) is 21.6. The van der Waals surface area contributed by atoms with Gasteiger partial charge >= 0.3 is 5.97 Å². The highest BCUT2D eigenvalue weighted by Crippen LogP contribution is 2.29. The van der Waals surface area contributed by atoms with Crippen molar-refractivity contribution < 1.29 is 14.3 Å². The van der Waals surface area contributed by atoms with E-state index in [1.54, 1.807) is 7.11 Å². The third-order valence-electron chi connectivity index (χ3n) is 5.53. The lowest BCUT2D eigenvalue weighted by molar-refractivity contribution is 0.0501. The molecule has 4 rings (SSSR count). The van der Waals surface area contributed by atoms with Crippen molar-refractivity contribution in [3.63, 3.8) is 0 Å². The highest BCUT2D eigenvalue weighted by Gasteiger charge is 2.25. The zero-order chi connectivity index (χ0) is 22.5. The average Bonchev–Trinajstić information content (AvgIpc) is 3.08. The van der Waals surface area contributed by atoms with E-state index in [0.717, 1.165) is 42.5 Å². The van der Waals surface area contributed by atoms with Gasteiger partial charge in [-0.25, -0.2) is 14.8 Å². The van der Waals surface area contributed by atoms with E-state index in [4.69, 9.17) is 25.2 Å². The Morgan fingerprint density at radius 1 is 1.00 bits per heavy atom. The Balaban J connectivity index is 1.73. The van der Waals surface area contributed by atoms with Gasteiger partial charge in [-0.1, -0.05) is 50.5 Å². The molecular weight excluding hydrogens is 404 g/mol. The van der Waals surface area contributed by atoms with Crippen LogP contribution in [0.3, 0.4) is 0 Å². The van der Waals surface area contributed by atoms with E-state index in [-0.39, 0.29) is 5.56 Å². The van der Waals surface area contributed by atoms with Crippen molar-refractivity contribution in [3.8, 4) is 5.75 Å². The molecule has 0 radical (unpaired) electrons. The molecule has 0 amide bonds. The number of rotatable bonds is 9. The van der Waals surface area contributed by atoms with E-state index in [2.05, 4.69) is 6.92 Å². The molecule has 0 saturated heterocycles. The second kappa shape index (κ2) is 9.68. The molecule has 2 N–H and O–H groups in total. The van der Waals surface area contributed by atoms with Crippen molar-refractivity contribution >= 4 is 34.0 Å². The fraction of sp³-hybridized carbons (Fsp3) is 0.320. The van der Waals surface area contributed by atoms with Crippen LogP contribution in [-0.4, -0.2) is 34.2 Å². The minimum atomic E-state index is -0.456. The minimum Gasteiger partial charge on any atom is -0.497 e. The molecule has 0 fully saturated rings. The fourth-order valence-corrected chi connectivity index (χ4v) is 3.76. The van der Waals surface area contributed by atoms with Crippen LogP contribution >= 0.6 is 0 Å². The van der Waals surface area contributed by atoms with Crippen LogP contribution in [0, 0.1) is 0 Å². The minimum absolute atomic E-state index is 0.280. The standard InChI is InChI=1S/C25H28N4O3/c1-3-4-5-8-15-32-25(30)21-22-24(28-20-10-7-6-9-19(20)27-22)29(23(21)26)16-17-11-13-18(31-2)14-12-17/h6-7,9-14H,3-5,8,15-16,26H2,1-2H3. The van der Waals surface area contributed by atoms with Gasteiger partial charge in [0, 0.05) is 0 Å². The quantitative estimate of drug-likeness (QED) is 0.297. The van der Waals surface area contributed by atoms with Crippen molar-refractivity contribution in [2.45, 2.75) is 39.2 Å². The lowest BCUT2D eigenvalue weighted by Gasteiger charge is -2.09. The Hall–Kier alpha value is -3.61. The van der Waals surface area contributed by atoms with Crippen LogP contribution < -0.4 is 10.5 Å². The monoisotopic (exact) mass is 432 g/mol. The average molecular weight is 433 g/mol. The zero-order valence-electron chi connectivity index (χ0n) is 18.5. The number of hydrogen-bond donors (Lipinski definition) is 1. The summed E-state index contributed by atoms with van der Waals surface area (Å²) in [6, 6.07) is 15.3. The number of carbonyl (C=O) groups excluding carboxylic acids is 1. The highest BCUT2D eigenvalue weighted by molar-refractivity contribution is 6.08. The number of fused-ring (bicyclic) bond motifs is 2. The summed E-state index contributed by atoms with van der Waals surface area (Å²) in [5, 5.41) is 0. The van der Waals surface area contributed by atoms with Crippen LogP contribution in [0.25, 0.3) is 22.2 Å². The zero-order valence-corrected chi connectivity index (χ0v) is 18.5. The van der Waals surface area contributed by atoms with E-state index >= 15 is 0 Å². The lowest BCUT2D eigenvalue weighted by atomic mass is 10.2. The molecule has 0 aliphatic heterocycles. The Morgan fingerprint density at radius 2 is 1.72 bits per heavy atom. The van der Waals surface area contributed by atoms with Crippen LogP contribution in [0.1, 0.15) is 48.5 Å². The maximum Gasteiger partial charge on any atom is 0.344 e. The van der Waals surface area contributed by atoms with Gasteiger partial charge in [-0.2, -0.15) is 0 Å². The smallest absolute Gasteiger partial charge is 0.344 e. The van der Waals surface area contributed by atoms with E-state index in [1.807, 2.05) is 53.1 Å². The van der Waals surface area contributed by atoms with Gasteiger partial charge in [0.1, 0.15) is 22.6 Å². The first-order valence-electron chi connectivity index (χ1n) is 11.0.